The fourth-order valence-corrected chi connectivity index (χ4v) is 2.90. The van der Waals surface area contributed by atoms with E-state index in [4.69, 9.17) is 15.4 Å². The van der Waals surface area contributed by atoms with Crippen molar-refractivity contribution < 1.29 is 26.7 Å². The minimum absolute atomic E-state index is 0.0989. The maximum atomic E-state index is 14.0. The first kappa shape index (κ1) is 16.1. The molecular formula is C12H12ClF2NO4S. The molecular weight excluding hydrogens is 328 g/mol. The molecule has 0 radical (unpaired) electrons. The first-order valence-corrected chi connectivity index (χ1v) is 8.39. The molecule has 1 aromatic carbocycles. The average molecular weight is 340 g/mol. The Morgan fingerprint density at radius 3 is 2.71 bits per heavy atom. The second kappa shape index (κ2) is 6.25. The minimum Gasteiger partial charge on any atom is -0.381 e. The van der Waals surface area contributed by atoms with Gasteiger partial charge in [0.05, 0.1) is 12.2 Å². The van der Waals surface area contributed by atoms with E-state index in [-0.39, 0.29) is 12.5 Å². The summed E-state index contributed by atoms with van der Waals surface area (Å²) in [6.45, 7) is 1.30. The third kappa shape index (κ3) is 3.90. The van der Waals surface area contributed by atoms with Crippen molar-refractivity contribution in [2.24, 2.45) is 5.92 Å². The van der Waals surface area contributed by atoms with Gasteiger partial charge < -0.3 is 10.1 Å². The van der Waals surface area contributed by atoms with Crippen molar-refractivity contribution in [3.05, 3.63) is 29.3 Å². The minimum atomic E-state index is -4.49. The molecule has 1 aromatic rings. The highest BCUT2D eigenvalue weighted by molar-refractivity contribution is 8.13. The van der Waals surface area contributed by atoms with Gasteiger partial charge >= 0.3 is 0 Å². The standard InChI is InChI=1S/C12H12ClF2NO4S/c13-21(18,19)10-4-8(14)3-9(11(10)15)12(17)16-5-7-1-2-20-6-7/h3-4,7H,1-2,5-6H2,(H,16,17). The number of amides is 1. The quantitative estimate of drug-likeness (QED) is 0.847. The number of benzene rings is 1. The molecule has 1 saturated heterocycles. The van der Waals surface area contributed by atoms with Gasteiger partial charge in [0.15, 0.2) is 5.82 Å². The van der Waals surface area contributed by atoms with E-state index in [1.807, 2.05) is 0 Å². The summed E-state index contributed by atoms with van der Waals surface area (Å²) in [7, 11) is 0.525. The molecule has 21 heavy (non-hydrogen) atoms. The van der Waals surface area contributed by atoms with Crippen LogP contribution in [-0.4, -0.2) is 34.1 Å². The summed E-state index contributed by atoms with van der Waals surface area (Å²) in [6.07, 6.45) is 0.757. The number of ether oxygens (including phenoxy) is 1. The van der Waals surface area contributed by atoms with E-state index in [9.17, 15) is 22.0 Å². The highest BCUT2D eigenvalue weighted by atomic mass is 35.7. The number of nitrogens with one attached hydrogen (secondary N) is 1. The molecule has 0 aromatic heterocycles. The lowest BCUT2D eigenvalue weighted by Gasteiger charge is -2.11. The van der Waals surface area contributed by atoms with E-state index in [0.29, 0.717) is 25.3 Å². The summed E-state index contributed by atoms with van der Waals surface area (Å²) in [5, 5.41) is 2.42. The van der Waals surface area contributed by atoms with Gasteiger partial charge in [-0.2, -0.15) is 0 Å². The predicted octanol–water partition coefficient (Wildman–Crippen LogP) is 1.66. The summed E-state index contributed by atoms with van der Waals surface area (Å²) in [4.78, 5) is 10.8. The average Bonchev–Trinajstić information content (AvgIpc) is 2.90. The van der Waals surface area contributed by atoms with Crippen LogP contribution in [0.5, 0.6) is 0 Å². The Morgan fingerprint density at radius 1 is 1.43 bits per heavy atom. The monoisotopic (exact) mass is 339 g/mol. The summed E-state index contributed by atoms with van der Waals surface area (Å²) in [5.41, 5.74) is -0.701. The van der Waals surface area contributed by atoms with Crippen LogP contribution < -0.4 is 5.32 Å². The van der Waals surface area contributed by atoms with Gasteiger partial charge in [-0.25, -0.2) is 17.2 Å². The fourth-order valence-electron chi connectivity index (χ4n) is 1.98. The van der Waals surface area contributed by atoms with E-state index in [2.05, 4.69) is 5.32 Å². The van der Waals surface area contributed by atoms with Crippen LogP contribution in [0.25, 0.3) is 0 Å². The zero-order valence-electron chi connectivity index (χ0n) is 10.7. The van der Waals surface area contributed by atoms with Gasteiger partial charge in [0.2, 0.25) is 0 Å². The topological polar surface area (TPSA) is 72.5 Å². The molecule has 2 rings (SSSR count). The van der Waals surface area contributed by atoms with E-state index in [0.717, 1.165) is 6.42 Å². The predicted molar refractivity (Wildman–Crippen MR) is 70.7 cm³/mol. The Kier molecular flexibility index (Phi) is 4.80. The zero-order valence-corrected chi connectivity index (χ0v) is 12.3. The normalized spacial score (nSPS) is 18.7. The molecule has 1 fully saturated rings. The van der Waals surface area contributed by atoms with Gasteiger partial charge in [-0.05, 0) is 18.6 Å². The van der Waals surface area contributed by atoms with Gasteiger partial charge in [0.1, 0.15) is 10.7 Å². The molecule has 0 saturated carbocycles. The van der Waals surface area contributed by atoms with Crippen molar-refractivity contribution in [1.29, 1.82) is 0 Å². The van der Waals surface area contributed by atoms with Gasteiger partial charge in [0, 0.05) is 29.8 Å². The third-order valence-electron chi connectivity index (χ3n) is 3.09. The van der Waals surface area contributed by atoms with E-state index >= 15 is 0 Å². The maximum absolute atomic E-state index is 14.0. The van der Waals surface area contributed by atoms with Crippen molar-refractivity contribution >= 4 is 25.6 Å². The maximum Gasteiger partial charge on any atom is 0.264 e. The van der Waals surface area contributed by atoms with Crippen LogP contribution in [0.3, 0.4) is 0 Å². The first-order chi connectivity index (χ1) is 9.79. The van der Waals surface area contributed by atoms with Gasteiger partial charge in [-0.3, -0.25) is 4.79 Å². The van der Waals surface area contributed by atoms with Crippen molar-refractivity contribution in [3.8, 4) is 0 Å². The summed E-state index contributed by atoms with van der Waals surface area (Å²) in [6, 6.07) is 1.06. The second-order valence-electron chi connectivity index (χ2n) is 4.64. The van der Waals surface area contributed by atoms with Crippen LogP contribution in [0, 0.1) is 17.6 Å². The molecule has 0 bridgehead atoms. The van der Waals surface area contributed by atoms with Crippen LogP contribution in [0.1, 0.15) is 16.8 Å². The molecule has 1 amide bonds. The Bertz CT molecular complexity index is 659. The lowest BCUT2D eigenvalue weighted by Crippen LogP contribution is -2.30. The molecule has 9 heteroatoms. The molecule has 0 spiro atoms. The van der Waals surface area contributed by atoms with Crippen LogP contribution in [0.4, 0.5) is 8.78 Å². The van der Waals surface area contributed by atoms with Crippen LogP contribution in [0.15, 0.2) is 17.0 Å². The number of carbonyl (C=O) groups excluding carboxylic acids is 1. The number of hydrogen-bond donors (Lipinski definition) is 1. The number of carbonyl (C=O) groups is 1. The Balaban J connectivity index is 2.22. The van der Waals surface area contributed by atoms with E-state index in [1.165, 1.54) is 0 Å². The molecule has 1 heterocycles. The first-order valence-electron chi connectivity index (χ1n) is 6.08. The molecule has 1 unspecified atom stereocenters. The Morgan fingerprint density at radius 2 is 2.14 bits per heavy atom. The fraction of sp³-hybridized carbons (Fsp3) is 0.417. The molecule has 1 aliphatic heterocycles. The molecule has 1 N–H and O–H groups in total. The summed E-state index contributed by atoms with van der Waals surface area (Å²) >= 11 is 0. The van der Waals surface area contributed by atoms with Gasteiger partial charge in [-0.15, -0.1) is 0 Å². The largest absolute Gasteiger partial charge is 0.381 e. The molecule has 0 aliphatic carbocycles. The third-order valence-corrected chi connectivity index (χ3v) is 4.41. The highest BCUT2D eigenvalue weighted by Crippen LogP contribution is 2.23. The molecule has 5 nitrogen and oxygen atoms in total. The van der Waals surface area contributed by atoms with E-state index < -0.39 is 37.1 Å². The van der Waals surface area contributed by atoms with Crippen LogP contribution >= 0.6 is 10.7 Å². The van der Waals surface area contributed by atoms with Gasteiger partial charge in [-0.1, -0.05) is 0 Å². The van der Waals surface area contributed by atoms with Crippen molar-refractivity contribution in [2.45, 2.75) is 11.3 Å². The van der Waals surface area contributed by atoms with Crippen LogP contribution in [-0.2, 0) is 13.8 Å². The second-order valence-corrected chi connectivity index (χ2v) is 7.18. The van der Waals surface area contributed by atoms with Gasteiger partial charge in [0.25, 0.3) is 15.0 Å². The van der Waals surface area contributed by atoms with Crippen molar-refractivity contribution in [2.75, 3.05) is 19.8 Å². The molecule has 116 valence electrons. The van der Waals surface area contributed by atoms with Crippen molar-refractivity contribution in [3.63, 3.8) is 0 Å². The summed E-state index contributed by atoms with van der Waals surface area (Å²) < 4.78 is 54.8. The summed E-state index contributed by atoms with van der Waals surface area (Å²) in [5.74, 6) is -3.24. The zero-order chi connectivity index (χ0) is 15.6. The number of rotatable bonds is 4. The Hall–Kier alpha value is -1.25. The molecule has 1 atom stereocenters. The Labute approximate surface area is 124 Å². The lowest BCUT2D eigenvalue weighted by molar-refractivity contribution is 0.0940. The van der Waals surface area contributed by atoms with Crippen molar-refractivity contribution in [1.82, 2.24) is 5.32 Å². The molecule has 1 aliphatic rings. The number of halogens is 3. The van der Waals surface area contributed by atoms with E-state index in [1.54, 1.807) is 0 Å². The van der Waals surface area contributed by atoms with Crippen LogP contribution in [0.2, 0.25) is 0 Å². The smallest absolute Gasteiger partial charge is 0.264 e. The highest BCUT2D eigenvalue weighted by Gasteiger charge is 2.25. The lowest BCUT2D eigenvalue weighted by atomic mass is 10.1. The SMILES string of the molecule is O=C(NCC1CCOC1)c1cc(F)cc(S(=O)(=O)Cl)c1F. The number of hydrogen-bond acceptors (Lipinski definition) is 4.